The van der Waals surface area contributed by atoms with Gasteiger partial charge in [-0.15, -0.1) is 0 Å². The standard InChI is InChI=1S/C8H11F2N/c1-6-7(5-11)3-2-4-8(6,9)10/h6-7H,2-4H2,1H3/t6-,7-/m1/s1. The van der Waals surface area contributed by atoms with Crippen molar-refractivity contribution in [2.75, 3.05) is 0 Å². The minimum Gasteiger partial charge on any atom is -0.207 e. The summed E-state index contributed by atoms with van der Waals surface area (Å²) in [6.07, 6.45) is 1.06. The lowest BCUT2D eigenvalue weighted by Crippen LogP contribution is -2.35. The fraction of sp³-hybridized carbons (Fsp3) is 0.875. The number of hydrogen-bond donors (Lipinski definition) is 0. The van der Waals surface area contributed by atoms with Crippen molar-refractivity contribution in [1.29, 1.82) is 5.26 Å². The molecule has 62 valence electrons. The zero-order valence-corrected chi connectivity index (χ0v) is 6.48. The Balaban J connectivity index is 2.69. The van der Waals surface area contributed by atoms with Gasteiger partial charge in [0.15, 0.2) is 0 Å². The van der Waals surface area contributed by atoms with Gasteiger partial charge in [-0.3, -0.25) is 0 Å². The molecule has 0 aromatic heterocycles. The maximum atomic E-state index is 12.9. The predicted octanol–water partition coefficient (Wildman–Crippen LogP) is 2.58. The van der Waals surface area contributed by atoms with E-state index in [1.54, 1.807) is 0 Å². The summed E-state index contributed by atoms with van der Waals surface area (Å²) in [5, 5.41) is 8.51. The third kappa shape index (κ3) is 1.50. The third-order valence-corrected chi connectivity index (χ3v) is 2.46. The average Bonchev–Trinajstić information content (AvgIpc) is 1.95. The van der Waals surface area contributed by atoms with Crippen molar-refractivity contribution in [3.05, 3.63) is 0 Å². The Morgan fingerprint density at radius 3 is 2.64 bits per heavy atom. The Hall–Kier alpha value is -0.650. The van der Waals surface area contributed by atoms with Crippen molar-refractivity contribution in [2.24, 2.45) is 11.8 Å². The molecule has 1 rings (SSSR count). The molecule has 3 heteroatoms. The molecule has 2 atom stereocenters. The van der Waals surface area contributed by atoms with Gasteiger partial charge < -0.3 is 0 Å². The Labute approximate surface area is 65.0 Å². The Morgan fingerprint density at radius 1 is 1.55 bits per heavy atom. The second-order valence-electron chi connectivity index (χ2n) is 3.18. The molecule has 0 bridgehead atoms. The first-order valence-corrected chi connectivity index (χ1v) is 3.85. The molecule has 1 nitrogen and oxygen atoms in total. The smallest absolute Gasteiger partial charge is 0.207 e. The van der Waals surface area contributed by atoms with Crippen molar-refractivity contribution >= 4 is 0 Å². The molecule has 0 aromatic carbocycles. The SMILES string of the molecule is C[C@@H]1[C@@H](C#N)CCCC1(F)F. The average molecular weight is 159 g/mol. The summed E-state index contributed by atoms with van der Waals surface area (Å²) in [5.74, 6) is -3.82. The number of nitrogens with zero attached hydrogens (tertiary/aromatic N) is 1. The van der Waals surface area contributed by atoms with Gasteiger partial charge in [0.2, 0.25) is 0 Å². The first kappa shape index (κ1) is 8.45. The van der Waals surface area contributed by atoms with Gasteiger partial charge in [-0.2, -0.15) is 5.26 Å². The van der Waals surface area contributed by atoms with Crippen LogP contribution in [-0.4, -0.2) is 5.92 Å². The van der Waals surface area contributed by atoms with E-state index in [0.29, 0.717) is 12.8 Å². The van der Waals surface area contributed by atoms with E-state index in [1.165, 1.54) is 6.92 Å². The topological polar surface area (TPSA) is 23.8 Å². The van der Waals surface area contributed by atoms with Gasteiger partial charge in [-0.05, 0) is 12.8 Å². The van der Waals surface area contributed by atoms with Crippen molar-refractivity contribution < 1.29 is 8.78 Å². The predicted molar refractivity (Wildman–Crippen MR) is 37.1 cm³/mol. The molecule has 1 aliphatic carbocycles. The minimum atomic E-state index is -2.61. The van der Waals surface area contributed by atoms with Crippen LogP contribution in [0.2, 0.25) is 0 Å². The minimum absolute atomic E-state index is 0.0493. The van der Waals surface area contributed by atoms with E-state index in [9.17, 15) is 8.78 Å². The number of nitriles is 1. The molecule has 0 unspecified atom stereocenters. The maximum absolute atomic E-state index is 12.9. The number of rotatable bonds is 0. The van der Waals surface area contributed by atoms with E-state index in [-0.39, 0.29) is 6.42 Å². The molecule has 0 saturated heterocycles. The number of hydrogen-bond acceptors (Lipinski definition) is 1. The van der Waals surface area contributed by atoms with Crippen LogP contribution in [0.1, 0.15) is 26.2 Å². The fourth-order valence-corrected chi connectivity index (χ4v) is 1.51. The highest BCUT2D eigenvalue weighted by Gasteiger charge is 2.43. The highest BCUT2D eigenvalue weighted by atomic mass is 19.3. The zero-order valence-electron chi connectivity index (χ0n) is 6.48. The van der Waals surface area contributed by atoms with E-state index < -0.39 is 17.8 Å². The molecule has 0 spiro atoms. The lowest BCUT2D eigenvalue weighted by atomic mass is 9.78. The van der Waals surface area contributed by atoms with Crippen LogP contribution in [0.5, 0.6) is 0 Å². The van der Waals surface area contributed by atoms with Crippen molar-refractivity contribution in [3.8, 4) is 6.07 Å². The fourth-order valence-electron chi connectivity index (χ4n) is 1.51. The van der Waals surface area contributed by atoms with Gasteiger partial charge in [0.05, 0.1) is 12.0 Å². The molecule has 1 saturated carbocycles. The Kier molecular flexibility index (Phi) is 2.12. The van der Waals surface area contributed by atoms with Gasteiger partial charge >= 0.3 is 0 Å². The van der Waals surface area contributed by atoms with Crippen LogP contribution in [-0.2, 0) is 0 Å². The monoisotopic (exact) mass is 159 g/mol. The first-order chi connectivity index (χ1) is 5.08. The van der Waals surface area contributed by atoms with Crippen LogP contribution in [0.3, 0.4) is 0 Å². The molecule has 11 heavy (non-hydrogen) atoms. The summed E-state index contributed by atoms with van der Waals surface area (Å²) in [4.78, 5) is 0. The highest BCUT2D eigenvalue weighted by Crippen LogP contribution is 2.41. The zero-order chi connectivity index (χ0) is 8.48. The molecule has 0 aromatic rings. The third-order valence-electron chi connectivity index (χ3n) is 2.46. The lowest BCUT2D eigenvalue weighted by molar-refractivity contribution is -0.0918. The molecular weight excluding hydrogens is 148 g/mol. The van der Waals surface area contributed by atoms with Crippen LogP contribution in [0.4, 0.5) is 8.78 Å². The van der Waals surface area contributed by atoms with Gasteiger partial charge in [-0.1, -0.05) is 6.92 Å². The maximum Gasteiger partial charge on any atom is 0.251 e. The first-order valence-electron chi connectivity index (χ1n) is 3.85. The molecule has 0 heterocycles. The molecule has 0 aliphatic heterocycles. The summed E-state index contributed by atoms with van der Waals surface area (Å²) in [6.45, 7) is 1.47. The molecule has 0 amide bonds. The van der Waals surface area contributed by atoms with Crippen molar-refractivity contribution in [1.82, 2.24) is 0 Å². The molecule has 0 N–H and O–H groups in total. The van der Waals surface area contributed by atoms with E-state index >= 15 is 0 Å². The number of alkyl halides is 2. The summed E-state index contributed by atoms with van der Waals surface area (Å²) in [6, 6.07) is 1.93. The van der Waals surface area contributed by atoms with Crippen LogP contribution in [0.15, 0.2) is 0 Å². The summed E-state index contributed by atoms with van der Waals surface area (Å²) < 4.78 is 25.8. The molecule has 1 fully saturated rings. The van der Waals surface area contributed by atoms with Gasteiger partial charge in [0, 0.05) is 12.3 Å². The highest BCUT2D eigenvalue weighted by molar-refractivity contribution is 4.95. The summed E-state index contributed by atoms with van der Waals surface area (Å²) in [5.41, 5.74) is 0. The van der Waals surface area contributed by atoms with Crippen LogP contribution in [0.25, 0.3) is 0 Å². The summed E-state index contributed by atoms with van der Waals surface area (Å²) in [7, 11) is 0. The van der Waals surface area contributed by atoms with E-state index in [2.05, 4.69) is 0 Å². The van der Waals surface area contributed by atoms with Gasteiger partial charge in [-0.25, -0.2) is 8.78 Å². The van der Waals surface area contributed by atoms with Gasteiger partial charge in [0.25, 0.3) is 5.92 Å². The van der Waals surface area contributed by atoms with Gasteiger partial charge in [0.1, 0.15) is 0 Å². The van der Waals surface area contributed by atoms with E-state index in [4.69, 9.17) is 5.26 Å². The van der Waals surface area contributed by atoms with Crippen LogP contribution >= 0.6 is 0 Å². The van der Waals surface area contributed by atoms with E-state index in [1.807, 2.05) is 6.07 Å². The largest absolute Gasteiger partial charge is 0.251 e. The Morgan fingerprint density at radius 2 is 2.18 bits per heavy atom. The van der Waals surface area contributed by atoms with Crippen LogP contribution in [0, 0.1) is 23.2 Å². The Bertz CT molecular complexity index is 183. The molecular formula is C8H11F2N. The normalized spacial score (nSPS) is 36.2. The van der Waals surface area contributed by atoms with Crippen molar-refractivity contribution in [3.63, 3.8) is 0 Å². The second-order valence-corrected chi connectivity index (χ2v) is 3.18. The van der Waals surface area contributed by atoms with E-state index in [0.717, 1.165) is 0 Å². The summed E-state index contributed by atoms with van der Waals surface area (Å²) >= 11 is 0. The lowest BCUT2D eigenvalue weighted by Gasteiger charge is -2.31. The second kappa shape index (κ2) is 2.77. The quantitative estimate of drug-likeness (QED) is 0.533. The number of halogens is 2. The van der Waals surface area contributed by atoms with Crippen LogP contribution < -0.4 is 0 Å². The van der Waals surface area contributed by atoms with Crippen molar-refractivity contribution in [2.45, 2.75) is 32.1 Å². The molecule has 0 radical (unpaired) electrons. The molecule has 1 aliphatic rings.